The van der Waals surface area contributed by atoms with E-state index in [1.54, 1.807) is 6.07 Å². The predicted molar refractivity (Wildman–Crippen MR) is 133 cm³/mol. The standard InChI is InChI=1S/C26H29F4N3O4S/c1-24(2,27)14-19(23(34)33-25(15-31)11-12-25)32-22(26(28,29)30)17-7-5-16(6-8-17)18-9-10-20(37-3)21(13-18)38(4,35)36/h5-10,13,19,22,32H,11-12,14H2,1-4H3,(H,33,34)/t19-,22-/m0/s1. The third kappa shape index (κ3) is 7.23. The van der Waals surface area contributed by atoms with Crippen molar-refractivity contribution in [1.29, 1.82) is 5.26 Å². The number of carbonyl (C=O) groups excluding carboxylic acids is 1. The third-order valence-corrected chi connectivity index (χ3v) is 7.29. The summed E-state index contributed by atoms with van der Waals surface area (Å²) in [6, 6.07) is 7.67. The summed E-state index contributed by atoms with van der Waals surface area (Å²) >= 11 is 0. The summed E-state index contributed by atoms with van der Waals surface area (Å²) in [4.78, 5) is 12.8. The molecule has 1 amide bonds. The van der Waals surface area contributed by atoms with Crippen molar-refractivity contribution in [1.82, 2.24) is 10.6 Å². The molecule has 2 aromatic rings. The fraction of sp³-hybridized carbons (Fsp3) is 0.462. The van der Waals surface area contributed by atoms with Crippen molar-refractivity contribution >= 4 is 15.7 Å². The molecule has 0 bridgehead atoms. The minimum absolute atomic E-state index is 0.0649. The molecule has 0 saturated heterocycles. The molecule has 3 rings (SSSR count). The molecular weight excluding hydrogens is 526 g/mol. The molecule has 0 unspecified atom stereocenters. The number of nitriles is 1. The van der Waals surface area contributed by atoms with Crippen LogP contribution in [0.5, 0.6) is 5.75 Å². The van der Waals surface area contributed by atoms with E-state index in [2.05, 4.69) is 10.6 Å². The van der Waals surface area contributed by atoms with Gasteiger partial charge < -0.3 is 10.1 Å². The smallest absolute Gasteiger partial charge is 0.407 e. The van der Waals surface area contributed by atoms with Crippen LogP contribution in [0, 0.1) is 11.3 Å². The number of hydrogen-bond acceptors (Lipinski definition) is 6. The highest BCUT2D eigenvalue weighted by molar-refractivity contribution is 7.90. The van der Waals surface area contributed by atoms with E-state index in [0.29, 0.717) is 24.0 Å². The van der Waals surface area contributed by atoms with E-state index in [1.165, 1.54) is 43.5 Å². The van der Waals surface area contributed by atoms with Crippen LogP contribution in [0.25, 0.3) is 11.1 Å². The van der Waals surface area contributed by atoms with Gasteiger partial charge in [0.1, 0.15) is 27.9 Å². The zero-order valence-corrected chi connectivity index (χ0v) is 22.1. The topological polar surface area (TPSA) is 108 Å². The van der Waals surface area contributed by atoms with Gasteiger partial charge in [-0.15, -0.1) is 0 Å². The number of rotatable bonds is 10. The van der Waals surface area contributed by atoms with Gasteiger partial charge in [-0.25, -0.2) is 12.8 Å². The van der Waals surface area contributed by atoms with E-state index in [-0.39, 0.29) is 16.2 Å². The van der Waals surface area contributed by atoms with Gasteiger partial charge in [-0.05, 0) is 55.5 Å². The lowest BCUT2D eigenvalue weighted by atomic mass is 9.96. The average molecular weight is 556 g/mol. The van der Waals surface area contributed by atoms with Gasteiger partial charge >= 0.3 is 6.18 Å². The number of nitrogens with zero attached hydrogens (tertiary/aromatic N) is 1. The first-order valence-electron chi connectivity index (χ1n) is 11.7. The first kappa shape index (κ1) is 29.4. The van der Waals surface area contributed by atoms with Crippen molar-refractivity contribution in [2.75, 3.05) is 13.4 Å². The summed E-state index contributed by atoms with van der Waals surface area (Å²) in [5.41, 5.74) is -2.43. The Balaban J connectivity index is 1.92. The molecule has 0 aliphatic heterocycles. The highest BCUT2D eigenvalue weighted by Gasteiger charge is 2.48. The van der Waals surface area contributed by atoms with Crippen LogP contribution in [0.3, 0.4) is 0 Å². The summed E-state index contributed by atoms with van der Waals surface area (Å²) < 4.78 is 86.3. The largest absolute Gasteiger partial charge is 0.495 e. The predicted octanol–water partition coefficient (Wildman–Crippen LogP) is 4.64. The number of alkyl halides is 4. The van der Waals surface area contributed by atoms with E-state index >= 15 is 0 Å². The van der Waals surface area contributed by atoms with Crippen LogP contribution in [-0.4, -0.2) is 51.1 Å². The second-order valence-electron chi connectivity index (χ2n) is 10.1. The fourth-order valence-electron chi connectivity index (χ4n) is 4.02. The first-order chi connectivity index (χ1) is 17.5. The molecule has 1 saturated carbocycles. The van der Waals surface area contributed by atoms with Crippen LogP contribution in [0.1, 0.15) is 44.7 Å². The van der Waals surface area contributed by atoms with Crippen molar-refractivity contribution in [3.63, 3.8) is 0 Å². The molecule has 2 atom stereocenters. The minimum atomic E-state index is -4.84. The number of benzene rings is 2. The number of methoxy groups -OCH3 is 1. The Morgan fingerprint density at radius 1 is 1.11 bits per heavy atom. The molecule has 0 spiro atoms. The molecule has 1 aliphatic carbocycles. The number of nitrogens with one attached hydrogen (secondary N) is 2. The van der Waals surface area contributed by atoms with E-state index in [9.17, 15) is 36.0 Å². The van der Waals surface area contributed by atoms with Gasteiger partial charge in [-0.3, -0.25) is 10.1 Å². The molecule has 7 nitrogen and oxygen atoms in total. The monoisotopic (exact) mass is 555 g/mol. The van der Waals surface area contributed by atoms with Crippen LogP contribution in [0.15, 0.2) is 47.4 Å². The van der Waals surface area contributed by atoms with Gasteiger partial charge in [0.2, 0.25) is 5.91 Å². The third-order valence-electron chi connectivity index (χ3n) is 6.17. The second kappa shape index (κ2) is 10.5. The number of ether oxygens (including phenoxy) is 1. The molecular formula is C26H29F4N3O4S. The quantitative estimate of drug-likeness (QED) is 0.414. The zero-order valence-electron chi connectivity index (χ0n) is 21.3. The van der Waals surface area contributed by atoms with Crippen LogP contribution in [0.4, 0.5) is 17.6 Å². The molecule has 12 heteroatoms. The second-order valence-corrected chi connectivity index (χ2v) is 12.0. The van der Waals surface area contributed by atoms with E-state index in [0.717, 1.165) is 20.1 Å². The van der Waals surface area contributed by atoms with E-state index < -0.39 is 51.6 Å². The number of sulfone groups is 1. The minimum Gasteiger partial charge on any atom is -0.495 e. The van der Waals surface area contributed by atoms with Gasteiger partial charge in [-0.1, -0.05) is 30.3 Å². The van der Waals surface area contributed by atoms with Crippen molar-refractivity contribution < 1.29 is 35.5 Å². The number of amides is 1. The van der Waals surface area contributed by atoms with Crippen LogP contribution < -0.4 is 15.4 Å². The maximum Gasteiger partial charge on any atom is 0.407 e. The fourth-order valence-corrected chi connectivity index (χ4v) is 4.88. The molecule has 38 heavy (non-hydrogen) atoms. The summed E-state index contributed by atoms with van der Waals surface area (Å²) in [5.74, 6) is -0.745. The molecule has 0 aromatic heterocycles. The Kier molecular flexibility index (Phi) is 8.15. The van der Waals surface area contributed by atoms with Gasteiger partial charge in [-0.2, -0.15) is 18.4 Å². The molecule has 1 aliphatic rings. The lowest BCUT2D eigenvalue weighted by Crippen LogP contribution is -2.53. The summed E-state index contributed by atoms with van der Waals surface area (Å²) in [6.45, 7) is 2.31. The molecule has 0 heterocycles. The highest BCUT2D eigenvalue weighted by Crippen LogP contribution is 2.37. The Labute approximate surface area is 219 Å². The van der Waals surface area contributed by atoms with Gasteiger partial charge in [0.25, 0.3) is 0 Å². The first-order valence-corrected chi connectivity index (χ1v) is 13.6. The van der Waals surface area contributed by atoms with Crippen LogP contribution in [-0.2, 0) is 14.6 Å². The average Bonchev–Trinajstić information content (AvgIpc) is 3.59. The number of carbonyl (C=O) groups is 1. The van der Waals surface area contributed by atoms with Gasteiger partial charge in [0.15, 0.2) is 9.84 Å². The molecule has 2 aromatic carbocycles. The number of halogens is 4. The lowest BCUT2D eigenvalue weighted by Gasteiger charge is -2.30. The Hall–Kier alpha value is -3.17. The van der Waals surface area contributed by atoms with Gasteiger partial charge in [0.05, 0.1) is 19.2 Å². The normalized spacial score (nSPS) is 16.7. The summed E-state index contributed by atoms with van der Waals surface area (Å²) in [7, 11) is -2.31. The Morgan fingerprint density at radius 2 is 1.68 bits per heavy atom. The van der Waals surface area contributed by atoms with Crippen molar-refractivity contribution in [3.8, 4) is 22.9 Å². The maximum atomic E-state index is 14.5. The Morgan fingerprint density at radius 3 is 2.13 bits per heavy atom. The van der Waals surface area contributed by atoms with Crippen molar-refractivity contribution in [2.24, 2.45) is 0 Å². The molecule has 2 N–H and O–H groups in total. The van der Waals surface area contributed by atoms with E-state index in [1.807, 2.05) is 6.07 Å². The maximum absolute atomic E-state index is 14.5. The zero-order chi connectivity index (χ0) is 28.5. The number of hydrogen-bond donors (Lipinski definition) is 2. The SMILES string of the molecule is COc1ccc(-c2ccc([C@H](N[C@@H](CC(C)(C)F)C(=O)NC3(C#N)CC3)C(F)(F)F)cc2)cc1S(C)(=O)=O. The lowest BCUT2D eigenvalue weighted by molar-refractivity contribution is -0.161. The van der Waals surface area contributed by atoms with Crippen LogP contribution in [0.2, 0.25) is 0 Å². The molecule has 206 valence electrons. The van der Waals surface area contributed by atoms with E-state index in [4.69, 9.17) is 4.74 Å². The summed E-state index contributed by atoms with van der Waals surface area (Å²) in [5, 5.41) is 14.0. The molecule has 0 radical (unpaired) electrons. The van der Waals surface area contributed by atoms with Crippen molar-refractivity contribution in [2.45, 2.75) is 67.5 Å². The molecule has 1 fully saturated rings. The highest BCUT2D eigenvalue weighted by atomic mass is 32.2. The van der Waals surface area contributed by atoms with Crippen molar-refractivity contribution in [3.05, 3.63) is 48.0 Å². The van der Waals surface area contributed by atoms with Crippen LogP contribution >= 0.6 is 0 Å². The van der Waals surface area contributed by atoms with Gasteiger partial charge in [0, 0.05) is 12.7 Å². The summed E-state index contributed by atoms with van der Waals surface area (Å²) in [6.07, 6.45) is -3.62. The Bertz CT molecular complexity index is 1330.